The van der Waals surface area contributed by atoms with Crippen molar-refractivity contribution < 1.29 is 4.74 Å². The summed E-state index contributed by atoms with van der Waals surface area (Å²) in [6, 6.07) is 0.214. The Bertz CT molecular complexity index is 216. The van der Waals surface area contributed by atoms with Crippen LogP contribution in [0.25, 0.3) is 0 Å². The number of nitrogens with one attached hydrogen (secondary N) is 1. The first-order valence-electron chi connectivity index (χ1n) is 5.76. The van der Waals surface area contributed by atoms with E-state index in [4.69, 9.17) is 17.0 Å². The van der Waals surface area contributed by atoms with Crippen molar-refractivity contribution in [1.29, 1.82) is 0 Å². The van der Waals surface area contributed by atoms with Gasteiger partial charge in [-0.1, -0.05) is 0 Å². The van der Waals surface area contributed by atoms with Crippen LogP contribution in [0.2, 0.25) is 0 Å². The molecule has 0 bridgehead atoms. The molecular formula is C12H22N2O. The van der Waals surface area contributed by atoms with Gasteiger partial charge in [0.15, 0.2) is 0 Å². The van der Waals surface area contributed by atoms with E-state index in [0.717, 1.165) is 38.7 Å². The topological polar surface area (TPSA) is 47.3 Å². The molecule has 3 heteroatoms. The summed E-state index contributed by atoms with van der Waals surface area (Å²) in [6.07, 6.45) is 11.5. The van der Waals surface area contributed by atoms with Gasteiger partial charge in [-0.25, -0.2) is 0 Å². The number of terminal acetylenes is 1. The van der Waals surface area contributed by atoms with Crippen LogP contribution in [-0.2, 0) is 4.74 Å². The maximum Gasteiger partial charge on any atom is 0.0820 e. The van der Waals surface area contributed by atoms with Crippen molar-refractivity contribution in [3.05, 3.63) is 0 Å². The Morgan fingerprint density at radius 2 is 2.40 bits per heavy atom. The van der Waals surface area contributed by atoms with Gasteiger partial charge in [-0.15, -0.1) is 12.3 Å². The van der Waals surface area contributed by atoms with E-state index in [1.807, 2.05) is 0 Å². The van der Waals surface area contributed by atoms with Crippen molar-refractivity contribution in [2.45, 2.75) is 57.1 Å². The van der Waals surface area contributed by atoms with Gasteiger partial charge in [0.05, 0.1) is 5.60 Å². The molecule has 3 nitrogen and oxygen atoms in total. The van der Waals surface area contributed by atoms with Gasteiger partial charge in [-0.2, -0.15) is 0 Å². The summed E-state index contributed by atoms with van der Waals surface area (Å²) in [6.45, 7) is 3.00. The molecule has 0 aromatic rings. The zero-order chi connectivity index (χ0) is 11.1. The third-order valence-electron chi connectivity index (χ3n) is 3.25. The van der Waals surface area contributed by atoms with Gasteiger partial charge in [0.25, 0.3) is 0 Å². The molecule has 1 rings (SSSR count). The van der Waals surface area contributed by atoms with Crippen LogP contribution in [-0.4, -0.2) is 18.2 Å². The average Bonchev–Trinajstić information content (AvgIpc) is 2.25. The van der Waals surface area contributed by atoms with Crippen LogP contribution in [0.1, 0.15) is 45.4 Å². The molecule has 1 saturated heterocycles. The highest BCUT2D eigenvalue weighted by Crippen LogP contribution is 2.29. The van der Waals surface area contributed by atoms with Gasteiger partial charge < -0.3 is 4.74 Å². The van der Waals surface area contributed by atoms with E-state index in [-0.39, 0.29) is 11.6 Å². The zero-order valence-electron chi connectivity index (χ0n) is 9.59. The molecule has 0 spiro atoms. The van der Waals surface area contributed by atoms with Gasteiger partial charge in [0.2, 0.25) is 0 Å². The molecule has 3 N–H and O–H groups in total. The highest BCUT2D eigenvalue weighted by molar-refractivity contribution is 4.91. The second-order valence-electron chi connectivity index (χ2n) is 4.43. The first-order valence-corrected chi connectivity index (χ1v) is 5.76. The number of unbranched alkanes of at least 4 members (excludes halogenated alkanes) is 1. The summed E-state index contributed by atoms with van der Waals surface area (Å²) in [4.78, 5) is 0. The predicted molar refractivity (Wildman–Crippen MR) is 62.0 cm³/mol. The van der Waals surface area contributed by atoms with E-state index in [0.29, 0.717) is 0 Å². The first kappa shape index (κ1) is 12.5. The summed E-state index contributed by atoms with van der Waals surface area (Å²) in [7, 11) is 0. The van der Waals surface area contributed by atoms with Crippen molar-refractivity contribution in [3.8, 4) is 12.3 Å². The third-order valence-corrected chi connectivity index (χ3v) is 3.25. The monoisotopic (exact) mass is 210 g/mol. The maximum atomic E-state index is 5.86. The molecule has 0 aromatic carbocycles. The lowest BCUT2D eigenvalue weighted by atomic mass is 9.86. The highest BCUT2D eigenvalue weighted by Gasteiger charge is 2.35. The summed E-state index contributed by atoms with van der Waals surface area (Å²) in [5, 5.41) is 0. The lowest BCUT2D eigenvalue weighted by Gasteiger charge is -2.40. The van der Waals surface area contributed by atoms with E-state index >= 15 is 0 Å². The minimum atomic E-state index is -0.110. The molecule has 86 valence electrons. The zero-order valence-corrected chi connectivity index (χ0v) is 9.59. The average molecular weight is 210 g/mol. The lowest BCUT2D eigenvalue weighted by Crippen LogP contribution is -2.54. The molecule has 15 heavy (non-hydrogen) atoms. The molecule has 1 fully saturated rings. The minimum absolute atomic E-state index is 0.110. The molecule has 1 heterocycles. The van der Waals surface area contributed by atoms with Crippen molar-refractivity contribution in [2.75, 3.05) is 6.61 Å². The summed E-state index contributed by atoms with van der Waals surface area (Å²) in [5.74, 6) is 8.24. The normalized spacial score (nSPS) is 28.3. The molecular weight excluding hydrogens is 188 g/mol. The Labute approximate surface area is 92.7 Å². The largest absolute Gasteiger partial charge is 0.374 e. The SMILES string of the molecule is C#CCCCC(NN)C1(C)CCCCO1. The van der Waals surface area contributed by atoms with E-state index in [1.165, 1.54) is 6.42 Å². The van der Waals surface area contributed by atoms with Crippen LogP contribution < -0.4 is 11.3 Å². The van der Waals surface area contributed by atoms with Gasteiger partial charge in [0.1, 0.15) is 0 Å². The molecule has 1 aliphatic heterocycles. The molecule has 0 radical (unpaired) electrons. The number of hydrogen-bond donors (Lipinski definition) is 2. The van der Waals surface area contributed by atoms with Crippen molar-refractivity contribution in [3.63, 3.8) is 0 Å². The second kappa shape index (κ2) is 6.12. The fourth-order valence-electron chi connectivity index (χ4n) is 2.20. The molecule has 0 aliphatic carbocycles. The standard InChI is InChI=1S/C12H22N2O/c1-3-4-5-8-11(14-13)12(2)9-6-7-10-15-12/h1,11,14H,4-10,13H2,2H3. The van der Waals surface area contributed by atoms with Crippen molar-refractivity contribution in [1.82, 2.24) is 5.43 Å². The van der Waals surface area contributed by atoms with Crippen LogP contribution in [0, 0.1) is 12.3 Å². The molecule has 0 amide bonds. The Kier molecular flexibility index (Phi) is 5.10. The lowest BCUT2D eigenvalue weighted by molar-refractivity contribution is -0.0903. The van der Waals surface area contributed by atoms with Crippen LogP contribution in [0.3, 0.4) is 0 Å². The molecule has 2 unspecified atom stereocenters. The Hall–Kier alpha value is -0.560. The van der Waals surface area contributed by atoms with Gasteiger partial charge in [0, 0.05) is 19.1 Å². The second-order valence-corrected chi connectivity index (χ2v) is 4.43. The third kappa shape index (κ3) is 3.49. The van der Waals surface area contributed by atoms with Crippen LogP contribution in [0.15, 0.2) is 0 Å². The highest BCUT2D eigenvalue weighted by atomic mass is 16.5. The van der Waals surface area contributed by atoms with Crippen LogP contribution in [0.5, 0.6) is 0 Å². The molecule has 2 atom stereocenters. The van der Waals surface area contributed by atoms with Gasteiger partial charge in [-0.3, -0.25) is 11.3 Å². The molecule has 1 aliphatic rings. The van der Waals surface area contributed by atoms with Gasteiger partial charge >= 0.3 is 0 Å². The Morgan fingerprint density at radius 1 is 1.60 bits per heavy atom. The summed E-state index contributed by atoms with van der Waals surface area (Å²) >= 11 is 0. The molecule has 0 aromatic heterocycles. The number of rotatable bonds is 5. The number of hydrogen-bond acceptors (Lipinski definition) is 3. The molecule has 0 saturated carbocycles. The van der Waals surface area contributed by atoms with E-state index < -0.39 is 0 Å². The minimum Gasteiger partial charge on any atom is -0.374 e. The van der Waals surface area contributed by atoms with Crippen molar-refractivity contribution in [2.24, 2.45) is 5.84 Å². The Morgan fingerprint density at radius 3 is 2.93 bits per heavy atom. The van der Waals surface area contributed by atoms with Crippen molar-refractivity contribution >= 4 is 0 Å². The Balaban J connectivity index is 2.44. The number of nitrogens with two attached hydrogens (primary N) is 1. The van der Waals surface area contributed by atoms with Gasteiger partial charge in [-0.05, 0) is 39.0 Å². The van der Waals surface area contributed by atoms with Crippen LogP contribution >= 0.6 is 0 Å². The first-order chi connectivity index (χ1) is 7.23. The smallest absolute Gasteiger partial charge is 0.0820 e. The maximum absolute atomic E-state index is 5.86. The number of ether oxygens (including phenoxy) is 1. The van der Waals surface area contributed by atoms with E-state index in [2.05, 4.69) is 18.3 Å². The van der Waals surface area contributed by atoms with E-state index in [1.54, 1.807) is 0 Å². The van der Waals surface area contributed by atoms with E-state index in [9.17, 15) is 0 Å². The predicted octanol–water partition coefficient (Wildman–Crippen LogP) is 1.58. The summed E-state index contributed by atoms with van der Waals surface area (Å²) < 4.78 is 5.86. The van der Waals surface area contributed by atoms with Crippen LogP contribution in [0.4, 0.5) is 0 Å². The fraction of sp³-hybridized carbons (Fsp3) is 0.833. The summed E-state index contributed by atoms with van der Waals surface area (Å²) in [5.41, 5.74) is 2.77. The quantitative estimate of drug-likeness (QED) is 0.313. The number of hydrazine groups is 1. The fourth-order valence-corrected chi connectivity index (χ4v) is 2.20.